The molecule has 1 aliphatic rings. The minimum Gasteiger partial charge on any atom is -0.467 e. The molecule has 1 saturated heterocycles. The van der Waals surface area contributed by atoms with Gasteiger partial charge in [-0.15, -0.1) is 0 Å². The molecule has 1 aromatic rings. The highest BCUT2D eigenvalue weighted by atomic mass is 16.5. The van der Waals surface area contributed by atoms with Crippen LogP contribution in [0.3, 0.4) is 0 Å². The lowest BCUT2D eigenvalue weighted by molar-refractivity contribution is -0.125. The first kappa shape index (κ1) is 17.1. The highest BCUT2D eigenvalue weighted by Gasteiger charge is 2.35. The summed E-state index contributed by atoms with van der Waals surface area (Å²) < 4.78 is 11.1. The zero-order valence-corrected chi connectivity index (χ0v) is 14.2. The van der Waals surface area contributed by atoms with Crippen LogP contribution in [0.25, 0.3) is 0 Å². The van der Waals surface area contributed by atoms with Crippen molar-refractivity contribution >= 4 is 5.91 Å². The lowest BCUT2D eigenvalue weighted by Gasteiger charge is -2.40. The van der Waals surface area contributed by atoms with Crippen LogP contribution in [0.5, 0.6) is 0 Å². The summed E-state index contributed by atoms with van der Waals surface area (Å²) in [6.45, 7) is 9.99. The van der Waals surface area contributed by atoms with Crippen molar-refractivity contribution < 1.29 is 13.9 Å². The molecule has 0 bridgehead atoms. The SMILES string of the molecule is CC(C)[C@H](CC(=O)NCc1ccco1)[C@H]1CCOC(C)(C)C1. The summed E-state index contributed by atoms with van der Waals surface area (Å²) in [4.78, 5) is 12.3. The van der Waals surface area contributed by atoms with Gasteiger partial charge in [-0.3, -0.25) is 4.79 Å². The molecule has 1 N–H and O–H groups in total. The number of furan rings is 1. The summed E-state index contributed by atoms with van der Waals surface area (Å²) in [6, 6.07) is 3.71. The second-order valence-electron chi connectivity index (χ2n) is 7.33. The van der Waals surface area contributed by atoms with Crippen molar-refractivity contribution in [3.8, 4) is 0 Å². The fourth-order valence-electron chi connectivity index (χ4n) is 3.48. The second-order valence-corrected chi connectivity index (χ2v) is 7.33. The number of rotatable bonds is 6. The highest BCUT2D eigenvalue weighted by Crippen LogP contribution is 2.37. The molecule has 0 unspecified atom stereocenters. The van der Waals surface area contributed by atoms with Crippen LogP contribution in [0, 0.1) is 17.8 Å². The molecule has 0 aliphatic carbocycles. The number of nitrogens with one attached hydrogen (secondary N) is 1. The van der Waals surface area contributed by atoms with Crippen LogP contribution in [-0.4, -0.2) is 18.1 Å². The molecule has 2 rings (SSSR count). The van der Waals surface area contributed by atoms with Gasteiger partial charge in [-0.25, -0.2) is 0 Å². The first-order chi connectivity index (χ1) is 10.4. The quantitative estimate of drug-likeness (QED) is 0.870. The number of ether oxygens (including phenoxy) is 1. The molecule has 1 amide bonds. The number of carbonyl (C=O) groups excluding carboxylic acids is 1. The summed E-state index contributed by atoms with van der Waals surface area (Å²) in [6.07, 6.45) is 4.29. The van der Waals surface area contributed by atoms with Crippen molar-refractivity contribution in [2.24, 2.45) is 17.8 Å². The van der Waals surface area contributed by atoms with E-state index in [0.29, 0.717) is 30.7 Å². The molecule has 0 spiro atoms. The van der Waals surface area contributed by atoms with Gasteiger partial charge in [0.05, 0.1) is 18.4 Å². The molecular formula is C18H29NO3. The maximum atomic E-state index is 12.3. The van der Waals surface area contributed by atoms with E-state index in [1.165, 1.54) is 0 Å². The molecule has 1 fully saturated rings. The predicted molar refractivity (Wildman–Crippen MR) is 86.3 cm³/mol. The Balaban J connectivity index is 1.89. The zero-order chi connectivity index (χ0) is 16.2. The van der Waals surface area contributed by atoms with Crippen molar-refractivity contribution in [3.63, 3.8) is 0 Å². The molecule has 4 heteroatoms. The van der Waals surface area contributed by atoms with Crippen LogP contribution in [0.2, 0.25) is 0 Å². The highest BCUT2D eigenvalue weighted by molar-refractivity contribution is 5.76. The Hall–Kier alpha value is -1.29. The van der Waals surface area contributed by atoms with Gasteiger partial charge in [-0.05, 0) is 56.6 Å². The van der Waals surface area contributed by atoms with E-state index >= 15 is 0 Å². The van der Waals surface area contributed by atoms with E-state index in [-0.39, 0.29) is 11.5 Å². The van der Waals surface area contributed by atoms with E-state index in [2.05, 4.69) is 33.0 Å². The van der Waals surface area contributed by atoms with Crippen LogP contribution in [-0.2, 0) is 16.1 Å². The number of hydrogen-bond acceptors (Lipinski definition) is 3. The molecule has 22 heavy (non-hydrogen) atoms. The molecule has 1 aromatic heterocycles. The Morgan fingerprint density at radius 2 is 2.23 bits per heavy atom. The largest absolute Gasteiger partial charge is 0.467 e. The number of carbonyl (C=O) groups is 1. The lowest BCUT2D eigenvalue weighted by atomic mass is 9.73. The standard InChI is InChI=1S/C18H29NO3/c1-13(2)16(14-7-9-22-18(3,4)11-14)10-17(20)19-12-15-6-5-8-21-15/h5-6,8,13-14,16H,7,9-12H2,1-4H3,(H,19,20)/t14-,16-/m0/s1. The predicted octanol–water partition coefficient (Wildman–Crippen LogP) is 3.76. The topological polar surface area (TPSA) is 51.5 Å². The Bertz CT molecular complexity index is 465. The van der Waals surface area contributed by atoms with Crippen molar-refractivity contribution in [2.75, 3.05) is 6.61 Å². The monoisotopic (exact) mass is 307 g/mol. The number of amides is 1. The van der Waals surface area contributed by atoms with Crippen LogP contribution in [0.4, 0.5) is 0 Å². The van der Waals surface area contributed by atoms with Gasteiger partial charge in [-0.2, -0.15) is 0 Å². The van der Waals surface area contributed by atoms with Gasteiger partial charge < -0.3 is 14.5 Å². The Morgan fingerprint density at radius 1 is 1.45 bits per heavy atom. The van der Waals surface area contributed by atoms with E-state index in [4.69, 9.17) is 9.15 Å². The Morgan fingerprint density at radius 3 is 2.82 bits per heavy atom. The van der Waals surface area contributed by atoms with Gasteiger partial charge >= 0.3 is 0 Å². The van der Waals surface area contributed by atoms with Crippen LogP contribution >= 0.6 is 0 Å². The van der Waals surface area contributed by atoms with E-state index < -0.39 is 0 Å². The van der Waals surface area contributed by atoms with Crippen molar-refractivity contribution in [3.05, 3.63) is 24.2 Å². The van der Waals surface area contributed by atoms with Crippen LogP contribution in [0.15, 0.2) is 22.8 Å². The van der Waals surface area contributed by atoms with Crippen molar-refractivity contribution in [2.45, 2.75) is 59.1 Å². The van der Waals surface area contributed by atoms with Gasteiger partial charge in [0.15, 0.2) is 0 Å². The third-order valence-electron chi connectivity index (χ3n) is 4.66. The molecule has 0 radical (unpaired) electrons. The minimum atomic E-state index is -0.0687. The number of hydrogen-bond donors (Lipinski definition) is 1. The van der Waals surface area contributed by atoms with Gasteiger partial charge in [0.25, 0.3) is 0 Å². The maximum Gasteiger partial charge on any atom is 0.220 e. The van der Waals surface area contributed by atoms with E-state index in [9.17, 15) is 4.79 Å². The Kier molecular flexibility index (Phi) is 5.68. The fraction of sp³-hybridized carbons (Fsp3) is 0.722. The molecule has 4 nitrogen and oxygen atoms in total. The first-order valence-electron chi connectivity index (χ1n) is 8.30. The summed E-state index contributed by atoms with van der Waals surface area (Å²) >= 11 is 0. The van der Waals surface area contributed by atoms with Crippen LogP contribution in [0.1, 0.15) is 52.7 Å². The summed E-state index contributed by atoms with van der Waals surface area (Å²) in [5.74, 6) is 2.35. The second kappa shape index (κ2) is 7.32. The van der Waals surface area contributed by atoms with E-state index in [1.54, 1.807) is 6.26 Å². The maximum absolute atomic E-state index is 12.3. The molecule has 124 valence electrons. The molecular weight excluding hydrogens is 278 g/mol. The molecule has 1 aliphatic heterocycles. The molecule has 0 aromatic carbocycles. The third-order valence-corrected chi connectivity index (χ3v) is 4.66. The third kappa shape index (κ3) is 4.87. The Labute approximate surface area is 133 Å². The van der Waals surface area contributed by atoms with Gasteiger partial charge in [0, 0.05) is 13.0 Å². The van der Waals surface area contributed by atoms with Crippen molar-refractivity contribution in [1.29, 1.82) is 0 Å². The van der Waals surface area contributed by atoms with Crippen LogP contribution < -0.4 is 5.32 Å². The molecule has 2 heterocycles. The lowest BCUT2D eigenvalue weighted by Crippen LogP contribution is -2.39. The zero-order valence-electron chi connectivity index (χ0n) is 14.2. The van der Waals surface area contributed by atoms with Gasteiger partial charge in [0.2, 0.25) is 5.91 Å². The normalized spacial score (nSPS) is 22.5. The summed E-state index contributed by atoms with van der Waals surface area (Å²) in [5, 5.41) is 2.97. The first-order valence-corrected chi connectivity index (χ1v) is 8.30. The average molecular weight is 307 g/mol. The fourth-order valence-corrected chi connectivity index (χ4v) is 3.48. The van der Waals surface area contributed by atoms with E-state index in [1.807, 2.05) is 12.1 Å². The summed E-state index contributed by atoms with van der Waals surface area (Å²) in [5.41, 5.74) is -0.0687. The average Bonchev–Trinajstić information content (AvgIpc) is 2.94. The smallest absolute Gasteiger partial charge is 0.220 e. The van der Waals surface area contributed by atoms with Gasteiger partial charge in [0.1, 0.15) is 5.76 Å². The van der Waals surface area contributed by atoms with E-state index in [0.717, 1.165) is 25.2 Å². The molecule has 0 saturated carbocycles. The summed E-state index contributed by atoms with van der Waals surface area (Å²) in [7, 11) is 0. The molecule has 2 atom stereocenters. The van der Waals surface area contributed by atoms with Gasteiger partial charge in [-0.1, -0.05) is 13.8 Å². The van der Waals surface area contributed by atoms with Crippen molar-refractivity contribution in [1.82, 2.24) is 5.32 Å². The minimum absolute atomic E-state index is 0.0687.